The van der Waals surface area contributed by atoms with Crippen LogP contribution in [0.1, 0.15) is 29.7 Å². The summed E-state index contributed by atoms with van der Waals surface area (Å²) >= 11 is 0. The minimum absolute atomic E-state index is 0.00824. The Morgan fingerprint density at radius 3 is 2.89 bits per heavy atom. The van der Waals surface area contributed by atoms with Gasteiger partial charge in [-0.05, 0) is 31.9 Å². The first-order valence-corrected chi connectivity index (χ1v) is 6.71. The molecule has 2 rings (SSSR count). The summed E-state index contributed by atoms with van der Waals surface area (Å²) in [6.45, 7) is 7.34. The highest BCUT2D eigenvalue weighted by Crippen LogP contribution is 2.27. The Hall–Kier alpha value is -1.39. The summed E-state index contributed by atoms with van der Waals surface area (Å²) in [5.41, 5.74) is 9.05. The molecule has 1 aliphatic rings. The zero-order chi connectivity index (χ0) is 14.0. The molecule has 1 heterocycles. The molecule has 1 aromatic carbocycles. The molecule has 1 aliphatic heterocycles. The van der Waals surface area contributed by atoms with Crippen LogP contribution in [-0.4, -0.2) is 36.5 Å². The third-order valence-corrected chi connectivity index (χ3v) is 3.71. The molecule has 1 aromatic rings. The van der Waals surface area contributed by atoms with Crippen LogP contribution >= 0.6 is 0 Å². The van der Waals surface area contributed by atoms with E-state index in [4.69, 9.17) is 10.5 Å². The maximum absolute atomic E-state index is 11.9. The normalized spacial score (nSPS) is 23.5. The van der Waals surface area contributed by atoms with Crippen molar-refractivity contribution in [1.29, 1.82) is 0 Å². The molecule has 0 aliphatic carbocycles. The van der Waals surface area contributed by atoms with Crippen molar-refractivity contribution < 1.29 is 9.53 Å². The minimum atomic E-state index is -0.0494. The maximum Gasteiger partial charge on any atom is 0.236 e. The largest absolute Gasteiger partial charge is 0.370 e. The number of benzene rings is 1. The number of nitrogens with zero attached hydrogens (tertiary/aromatic N) is 1. The SMILES string of the molecule is Cc1ccc(C)c(C2CN(C(=O)CN)C(C)CO2)c1. The van der Waals surface area contributed by atoms with Gasteiger partial charge >= 0.3 is 0 Å². The van der Waals surface area contributed by atoms with E-state index in [9.17, 15) is 4.79 Å². The number of rotatable bonds is 2. The lowest BCUT2D eigenvalue weighted by Crippen LogP contribution is -2.50. The van der Waals surface area contributed by atoms with E-state index < -0.39 is 0 Å². The molecule has 1 saturated heterocycles. The summed E-state index contributed by atoms with van der Waals surface area (Å²) < 4.78 is 5.90. The lowest BCUT2D eigenvalue weighted by molar-refractivity contribution is -0.142. The lowest BCUT2D eigenvalue weighted by Gasteiger charge is -2.38. The van der Waals surface area contributed by atoms with Gasteiger partial charge in [0.1, 0.15) is 6.10 Å². The molecule has 104 valence electrons. The molecular weight excluding hydrogens is 240 g/mol. The number of amides is 1. The van der Waals surface area contributed by atoms with Gasteiger partial charge in [-0.15, -0.1) is 0 Å². The van der Waals surface area contributed by atoms with E-state index in [1.165, 1.54) is 16.7 Å². The average molecular weight is 262 g/mol. The highest BCUT2D eigenvalue weighted by atomic mass is 16.5. The molecule has 4 heteroatoms. The molecule has 0 aromatic heterocycles. The van der Waals surface area contributed by atoms with Crippen LogP contribution in [0.25, 0.3) is 0 Å². The first kappa shape index (κ1) is 14.0. The molecule has 1 fully saturated rings. The number of hydrogen-bond acceptors (Lipinski definition) is 3. The Morgan fingerprint density at radius 1 is 1.47 bits per heavy atom. The summed E-state index contributed by atoms with van der Waals surface area (Å²) in [4.78, 5) is 13.7. The van der Waals surface area contributed by atoms with Gasteiger partial charge in [-0.1, -0.05) is 23.8 Å². The second-order valence-electron chi connectivity index (χ2n) is 5.28. The standard InChI is InChI=1S/C15H22N2O2/c1-10-4-5-11(2)13(6-10)14-8-17(15(18)7-16)12(3)9-19-14/h4-6,12,14H,7-9,16H2,1-3H3. The van der Waals surface area contributed by atoms with Crippen molar-refractivity contribution in [3.05, 3.63) is 34.9 Å². The molecule has 2 unspecified atom stereocenters. The average Bonchev–Trinajstić information content (AvgIpc) is 2.41. The van der Waals surface area contributed by atoms with E-state index in [0.29, 0.717) is 13.2 Å². The first-order valence-electron chi connectivity index (χ1n) is 6.71. The smallest absolute Gasteiger partial charge is 0.236 e. The lowest BCUT2D eigenvalue weighted by atomic mass is 9.99. The Balaban J connectivity index is 2.22. The summed E-state index contributed by atoms with van der Waals surface area (Å²) in [5, 5.41) is 0. The van der Waals surface area contributed by atoms with Gasteiger partial charge in [-0.3, -0.25) is 4.79 Å². The van der Waals surface area contributed by atoms with Crippen molar-refractivity contribution in [2.75, 3.05) is 19.7 Å². The van der Waals surface area contributed by atoms with E-state index >= 15 is 0 Å². The predicted octanol–water partition coefficient (Wildman–Crippen LogP) is 1.55. The van der Waals surface area contributed by atoms with Crippen molar-refractivity contribution >= 4 is 5.91 Å². The van der Waals surface area contributed by atoms with Crippen LogP contribution in [-0.2, 0) is 9.53 Å². The highest BCUT2D eigenvalue weighted by Gasteiger charge is 2.30. The predicted molar refractivity (Wildman–Crippen MR) is 74.8 cm³/mol. The van der Waals surface area contributed by atoms with Crippen LogP contribution in [0.4, 0.5) is 0 Å². The quantitative estimate of drug-likeness (QED) is 0.880. The van der Waals surface area contributed by atoms with E-state index in [-0.39, 0.29) is 24.6 Å². The fourth-order valence-electron chi connectivity index (χ4n) is 2.52. The van der Waals surface area contributed by atoms with Gasteiger partial charge < -0.3 is 15.4 Å². The number of carbonyl (C=O) groups is 1. The van der Waals surface area contributed by atoms with Gasteiger partial charge in [0.05, 0.1) is 25.7 Å². The molecule has 0 saturated carbocycles. The molecule has 4 nitrogen and oxygen atoms in total. The molecule has 19 heavy (non-hydrogen) atoms. The van der Waals surface area contributed by atoms with Crippen molar-refractivity contribution in [3.8, 4) is 0 Å². The van der Waals surface area contributed by atoms with Gasteiger partial charge in [-0.25, -0.2) is 0 Å². The van der Waals surface area contributed by atoms with Gasteiger partial charge in [-0.2, -0.15) is 0 Å². The number of ether oxygens (including phenoxy) is 1. The molecule has 2 N–H and O–H groups in total. The third-order valence-electron chi connectivity index (χ3n) is 3.71. The number of hydrogen-bond donors (Lipinski definition) is 1. The fraction of sp³-hybridized carbons (Fsp3) is 0.533. The summed E-state index contributed by atoms with van der Waals surface area (Å²) in [5.74, 6) is -0.00824. The molecule has 1 amide bonds. The molecule has 2 atom stereocenters. The second-order valence-corrected chi connectivity index (χ2v) is 5.28. The van der Waals surface area contributed by atoms with Crippen molar-refractivity contribution in [2.45, 2.75) is 32.9 Å². The van der Waals surface area contributed by atoms with Gasteiger partial charge in [0.2, 0.25) is 5.91 Å². The topological polar surface area (TPSA) is 55.6 Å². The Bertz CT molecular complexity index is 473. The van der Waals surface area contributed by atoms with Crippen molar-refractivity contribution in [1.82, 2.24) is 4.90 Å². The number of morpholine rings is 1. The number of carbonyl (C=O) groups excluding carboxylic acids is 1. The summed E-state index contributed by atoms with van der Waals surface area (Å²) in [6.07, 6.45) is -0.0494. The van der Waals surface area contributed by atoms with Crippen LogP contribution in [0.15, 0.2) is 18.2 Å². The molecule has 0 spiro atoms. The van der Waals surface area contributed by atoms with Crippen molar-refractivity contribution in [2.24, 2.45) is 5.73 Å². The van der Waals surface area contributed by atoms with E-state index in [1.54, 1.807) is 0 Å². The van der Waals surface area contributed by atoms with E-state index in [0.717, 1.165) is 0 Å². The van der Waals surface area contributed by atoms with Crippen LogP contribution in [0, 0.1) is 13.8 Å². The zero-order valence-corrected chi connectivity index (χ0v) is 11.8. The van der Waals surface area contributed by atoms with Gasteiger partial charge in [0, 0.05) is 0 Å². The Morgan fingerprint density at radius 2 is 2.21 bits per heavy atom. The number of aryl methyl sites for hydroxylation is 2. The van der Waals surface area contributed by atoms with Crippen LogP contribution < -0.4 is 5.73 Å². The maximum atomic E-state index is 11.9. The monoisotopic (exact) mass is 262 g/mol. The molecular formula is C15H22N2O2. The molecule has 0 bridgehead atoms. The first-order chi connectivity index (χ1) is 9.02. The number of nitrogens with two attached hydrogens (primary N) is 1. The summed E-state index contributed by atoms with van der Waals surface area (Å²) in [7, 11) is 0. The van der Waals surface area contributed by atoms with Crippen LogP contribution in [0.2, 0.25) is 0 Å². The molecule has 0 radical (unpaired) electrons. The van der Waals surface area contributed by atoms with Gasteiger partial charge in [0.15, 0.2) is 0 Å². The Kier molecular flexibility index (Phi) is 4.22. The van der Waals surface area contributed by atoms with Gasteiger partial charge in [0.25, 0.3) is 0 Å². The summed E-state index contributed by atoms with van der Waals surface area (Å²) in [6, 6.07) is 6.42. The second kappa shape index (κ2) is 5.72. The third kappa shape index (κ3) is 2.96. The highest BCUT2D eigenvalue weighted by molar-refractivity contribution is 5.78. The zero-order valence-electron chi connectivity index (χ0n) is 11.8. The van der Waals surface area contributed by atoms with E-state index in [1.807, 2.05) is 11.8 Å². The van der Waals surface area contributed by atoms with Crippen LogP contribution in [0.3, 0.4) is 0 Å². The van der Waals surface area contributed by atoms with Crippen LogP contribution in [0.5, 0.6) is 0 Å². The minimum Gasteiger partial charge on any atom is -0.370 e. The van der Waals surface area contributed by atoms with E-state index in [2.05, 4.69) is 32.0 Å². The van der Waals surface area contributed by atoms with Crippen molar-refractivity contribution in [3.63, 3.8) is 0 Å². The Labute approximate surface area is 114 Å². The fourth-order valence-corrected chi connectivity index (χ4v) is 2.52.